The number of hydrogen-bond donors (Lipinski definition) is 1. The maximum atomic E-state index is 13.7. The van der Waals surface area contributed by atoms with Gasteiger partial charge in [-0.1, -0.05) is 17.7 Å². The van der Waals surface area contributed by atoms with Crippen molar-refractivity contribution in [3.8, 4) is 0 Å². The zero-order chi connectivity index (χ0) is 11.2. The third-order valence-corrected chi connectivity index (χ3v) is 4.63. The van der Waals surface area contributed by atoms with Crippen molar-refractivity contribution in [1.29, 1.82) is 0 Å². The third kappa shape index (κ3) is 1.77. The maximum absolute atomic E-state index is 13.7. The molecule has 2 N–H and O–H groups in total. The minimum atomic E-state index is -0.312. The van der Waals surface area contributed by atoms with Gasteiger partial charge < -0.3 is 5.73 Å². The van der Waals surface area contributed by atoms with Crippen molar-refractivity contribution in [1.82, 2.24) is 0 Å². The van der Waals surface area contributed by atoms with Gasteiger partial charge >= 0.3 is 0 Å². The van der Waals surface area contributed by atoms with Crippen LogP contribution in [-0.2, 0) is 5.75 Å². The van der Waals surface area contributed by atoms with Crippen LogP contribution in [0.3, 0.4) is 0 Å². The van der Waals surface area contributed by atoms with E-state index >= 15 is 0 Å². The predicted molar refractivity (Wildman–Crippen MR) is 63.7 cm³/mol. The van der Waals surface area contributed by atoms with Crippen LogP contribution in [0.15, 0.2) is 12.1 Å². The molecule has 1 unspecified atom stereocenters. The van der Waals surface area contributed by atoms with Crippen LogP contribution in [0.25, 0.3) is 0 Å². The van der Waals surface area contributed by atoms with Crippen molar-refractivity contribution in [2.24, 2.45) is 5.73 Å². The first kappa shape index (κ1) is 11.2. The Morgan fingerprint density at radius 2 is 2.20 bits per heavy atom. The fourth-order valence-corrected chi connectivity index (χ4v) is 3.06. The summed E-state index contributed by atoms with van der Waals surface area (Å²) in [5, 5.41) is 0.182. The largest absolute Gasteiger partial charge is 0.323 e. The summed E-state index contributed by atoms with van der Waals surface area (Å²) in [6.45, 7) is 4.16. The molecule has 1 nitrogen and oxygen atoms in total. The highest BCUT2D eigenvalue weighted by atomic mass is 35.5. The lowest BCUT2D eigenvalue weighted by Crippen LogP contribution is -2.36. The first-order valence-corrected chi connectivity index (χ1v) is 6.16. The quantitative estimate of drug-likeness (QED) is 0.757. The third-order valence-electron chi connectivity index (χ3n) is 2.90. The molecule has 0 fully saturated rings. The summed E-state index contributed by atoms with van der Waals surface area (Å²) in [5.41, 5.74) is 7.67. The number of benzene rings is 1. The van der Waals surface area contributed by atoms with E-state index < -0.39 is 0 Å². The average Bonchev–Trinajstić information content (AvgIpc) is 2.17. The molecule has 0 saturated carbocycles. The summed E-state index contributed by atoms with van der Waals surface area (Å²) in [6, 6.07) is 3.28. The van der Waals surface area contributed by atoms with E-state index in [0.29, 0.717) is 11.3 Å². The van der Waals surface area contributed by atoms with Crippen LogP contribution in [0.2, 0.25) is 5.02 Å². The summed E-state index contributed by atoms with van der Waals surface area (Å²) in [6.07, 6.45) is 0. The summed E-state index contributed by atoms with van der Waals surface area (Å²) < 4.78 is 13.7. The zero-order valence-electron chi connectivity index (χ0n) is 8.68. The zero-order valence-corrected chi connectivity index (χ0v) is 10.3. The molecule has 0 saturated heterocycles. The molecule has 0 bridgehead atoms. The second-order valence-electron chi connectivity index (χ2n) is 4.30. The van der Waals surface area contributed by atoms with Gasteiger partial charge in [-0.25, -0.2) is 4.39 Å². The highest BCUT2D eigenvalue weighted by Crippen LogP contribution is 2.45. The number of fused-ring (bicyclic) bond motifs is 1. The number of hydrogen-bond acceptors (Lipinski definition) is 2. The van der Waals surface area contributed by atoms with E-state index in [-0.39, 0.29) is 21.6 Å². The van der Waals surface area contributed by atoms with Gasteiger partial charge in [-0.05, 0) is 25.5 Å². The molecule has 1 atom stereocenters. The minimum Gasteiger partial charge on any atom is -0.323 e. The first-order valence-electron chi connectivity index (χ1n) is 4.80. The van der Waals surface area contributed by atoms with Crippen LogP contribution in [0, 0.1) is 5.82 Å². The molecule has 82 valence electrons. The van der Waals surface area contributed by atoms with E-state index in [1.807, 2.05) is 6.07 Å². The van der Waals surface area contributed by atoms with Gasteiger partial charge in [0.1, 0.15) is 5.82 Å². The lowest BCUT2D eigenvalue weighted by atomic mass is 9.92. The monoisotopic (exact) mass is 245 g/mol. The maximum Gasteiger partial charge on any atom is 0.146 e. The van der Waals surface area contributed by atoms with Crippen molar-refractivity contribution < 1.29 is 4.39 Å². The molecule has 1 aliphatic heterocycles. The fourth-order valence-electron chi connectivity index (χ4n) is 1.77. The van der Waals surface area contributed by atoms with Gasteiger partial charge in [0.15, 0.2) is 0 Å². The molecule has 0 radical (unpaired) electrons. The molecule has 1 aromatic rings. The first-order chi connectivity index (χ1) is 6.93. The Hall–Kier alpha value is -0.250. The van der Waals surface area contributed by atoms with Crippen molar-refractivity contribution in [3.63, 3.8) is 0 Å². The van der Waals surface area contributed by atoms with Gasteiger partial charge in [0.2, 0.25) is 0 Å². The van der Waals surface area contributed by atoms with Gasteiger partial charge in [-0.15, -0.1) is 11.8 Å². The lowest BCUT2D eigenvalue weighted by molar-refractivity contribution is 0.537. The number of halogens is 2. The van der Waals surface area contributed by atoms with Crippen LogP contribution in [0.1, 0.15) is 31.0 Å². The molecule has 1 heterocycles. The predicted octanol–water partition coefficient (Wildman–Crippen LogP) is 3.50. The van der Waals surface area contributed by atoms with Gasteiger partial charge in [-0.3, -0.25) is 0 Å². The van der Waals surface area contributed by atoms with Gasteiger partial charge in [-0.2, -0.15) is 0 Å². The molecule has 1 aromatic carbocycles. The van der Waals surface area contributed by atoms with E-state index in [0.717, 1.165) is 5.56 Å². The van der Waals surface area contributed by atoms with Crippen molar-refractivity contribution in [3.05, 3.63) is 34.1 Å². The fraction of sp³-hybridized carbons (Fsp3) is 0.455. The highest BCUT2D eigenvalue weighted by molar-refractivity contribution is 8.00. The molecular weight excluding hydrogens is 233 g/mol. The molecule has 4 heteroatoms. The van der Waals surface area contributed by atoms with Crippen LogP contribution in [0.4, 0.5) is 4.39 Å². The molecule has 1 aliphatic rings. The Balaban J connectivity index is 2.55. The molecule has 0 aliphatic carbocycles. The summed E-state index contributed by atoms with van der Waals surface area (Å²) >= 11 is 7.41. The summed E-state index contributed by atoms with van der Waals surface area (Å²) in [7, 11) is 0. The van der Waals surface area contributed by atoms with Crippen LogP contribution >= 0.6 is 23.4 Å². The minimum absolute atomic E-state index is 0.0483. The Morgan fingerprint density at radius 3 is 2.87 bits per heavy atom. The smallest absolute Gasteiger partial charge is 0.146 e. The van der Waals surface area contributed by atoms with Crippen molar-refractivity contribution in [2.45, 2.75) is 30.4 Å². The number of rotatable bonds is 0. The molecule has 0 spiro atoms. The second kappa shape index (κ2) is 3.65. The highest BCUT2D eigenvalue weighted by Gasteiger charge is 2.35. The molecule has 15 heavy (non-hydrogen) atoms. The lowest BCUT2D eigenvalue weighted by Gasteiger charge is -2.37. The van der Waals surface area contributed by atoms with Crippen molar-refractivity contribution >= 4 is 23.4 Å². The van der Waals surface area contributed by atoms with Crippen LogP contribution in [-0.4, -0.2) is 4.75 Å². The van der Waals surface area contributed by atoms with Gasteiger partial charge in [0.05, 0.1) is 5.02 Å². The summed E-state index contributed by atoms with van der Waals surface area (Å²) in [5.74, 6) is 0.329. The normalized spacial score (nSPS) is 23.7. The van der Waals surface area contributed by atoms with E-state index in [4.69, 9.17) is 17.3 Å². The Kier molecular flexibility index (Phi) is 2.73. The Labute approximate surface area is 98.2 Å². The van der Waals surface area contributed by atoms with E-state index in [9.17, 15) is 4.39 Å². The van der Waals surface area contributed by atoms with E-state index in [1.54, 1.807) is 17.8 Å². The van der Waals surface area contributed by atoms with Crippen molar-refractivity contribution in [2.75, 3.05) is 0 Å². The molecule has 2 rings (SSSR count). The van der Waals surface area contributed by atoms with Crippen LogP contribution < -0.4 is 5.73 Å². The Morgan fingerprint density at radius 1 is 1.53 bits per heavy atom. The Bertz CT molecular complexity index is 406. The van der Waals surface area contributed by atoms with E-state index in [2.05, 4.69) is 13.8 Å². The molecular formula is C11H13ClFNS. The standard InChI is InChI=1S/C11H13ClFNS/c1-11(2)10(14)6-3-4-8(12)9(13)7(6)5-15-11/h3-4,10H,5,14H2,1-2H3. The second-order valence-corrected chi connectivity index (χ2v) is 6.34. The van der Waals surface area contributed by atoms with Gasteiger partial charge in [0.25, 0.3) is 0 Å². The SMILES string of the molecule is CC1(C)SCc2c(ccc(Cl)c2F)C1N. The van der Waals surface area contributed by atoms with E-state index in [1.165, 1.54) is 0 Å². The molecule has 0 amide bonds. The summed E-state index contributed by atoms with van der Waals surface area (Å²) in [4.78, 5) is 0. The topological polar surface area (TPSA) is 26.0 Å². The van der Waals surface area contributed by atoms with Gasteiger partial charge in [0, 0.05) is 22.1 Å². The number of thioether (sulfide) groups is 1. The molecule has 0 aromatic heterocycles. The average molecular weight is 246 g/mol. The number of nitrogens with two attached hydrogens (primary N) is 1. The van der Waals surface area contributed by atoms with Crippen LogP contribution in [0.5, 0.6) is 0 Å².